The van der Waals surface area contributed by atoms with Gasteiger partial charge in [-0.15, -0.1) is 0 Å². The second-order valence-corrected chi connectivity index (χ2v) is 3.96. The highest BCUT2D eigenvalue weighted by Crippen LogP contribution is 2.29. The number of hydrogen-bond acceptors (Lipinski definition) is 3. The smallest absolute Gasteiger partial charge is 0.417 e. The standard InChI is InChI=1S/C10H10F3N3O2/c11-10(12,13)6-1-2-8(14-3-6)15-7-4-16(5-7)9(17)18/h1-3,7H,4-5H2,(H,14,15)(H,17,18). The number of pyridine rings is 1. The second-order valence-electron chi connectivity index (χ2n) is 3.96. The van der Waals surface area contributed by atoms with Crippen LogP contribution >= 0.6 is 0 Å². The van der Waals surface area contributed by atoms with Gasteiger partial charge in [-0.2, -0.15) is 13.2 Å². The van der Waals surface area contributed by atoms with Crippen LogP contribution in [0.25, 0.3) is 0 Å². The predicted octanol–water partition coefficient (Wildman–Crippen LogP) is 1.87. The minimum Gasteiger partial charge on any atom is -0.465 e. The molecule has 0 unspecified atom stereocenters. The van der Waals surface area contributed by atoms with Crippen molar-refractivity contribution in [1.29, 1.82) is 0 Å². The van der Waals surface area contributed by atoms with Crippen molar-refractivity contribution in [2.45, 2.75) is 12.2 Å². The van der Waals surface area contributed by atoms with Crippen LogP contribution in [-0.4, -0.2) is 40.2 Å². The number of nitrogens with zero attached hydrogens (tertiary/aromatic N) is 2. The lowest BCUT2D eigenvalue weighted by atomic mass is 10.1. The number of carboxylic acid groups (broad SMARTS) is 1. The summed E-state index contributed by atoms with van der Waals surface area (Å²) >= 11 is 0. The molecule has 1 fully saturated rings. The van der Waals surface area contributed by atoms with Gasteiger partial charge in [0.25, 0.3) is 0 Å². The number of amides is 1. The first kappa shape index (κ1) is 12.5. The molecule has 1 aliphatic heterocycles. The molecule has 0 aliphatic carbocycles. The number of alkyl halides is 3. The Morgan fingerprint density at radius 3 is 2.56 bits per heavy atom. The van der Waals surface area contributed by atoms with Crippen molar-refractivity contribution >= 4 is 11.9 Å². The molecule has 1 aliphatic rings. The van der Waals surface area contributed by atoms with Crippen LogP contribution in [0.4, 0.5) is 23.8 Å². The van der Waals surface area contributed by atoms with E-state index in [1.54, 1.807) is 0 Å². The summed E-state index contributed by atoms with van der Waals surface area (Å²) in [5.74, 6) is 0.304. The Kier molecular flexibility index (Phi) is 3.02. The average Bonchev–Trinajstić information content (AvgIpc) is 2.21. The van der Waals surface area contributed by atoms with E-state index < -0.39 is 17.8 Å². The van der Waals surface area contributed by atoms with Gasteiger partial charge in [-0.05, 0) is 12.1 Å². The van der Waals surface area contributed by atoms with Gasteiger partial charge in [0.1, 0.15) is 5.82 Å². The van der Waals surface area contributed by atoms with Gasteiger partial charge >= 0.3 is 12.3 Å². The molecule has 98 valence electrons. The SMILES string of the molecule is O=C(O)N1CC(Nc2ccc(C(F)(F)F)cn2)C1. The predicted molar refractivity (Wildman–Crippen MR) is 56.2 cm³/mol. The minimum absolute atomic E-state index is 0.106. The fourth-order valence-corrected chi connectivity index (χ4v) is 1.58. The van der Waals surface area contributed by atoms with E-state index in [2.05, 4.69) is 10.3 Å². The molecule has 1 saturated heterocycles. The van der Waals surface area contributed by atoms with E-state index in [4.69, 9.17) is 5.11 Å². The highest BCUT2D eigenvalue weighted by Gasteiger charge is 2.32. The lowest BCUT2D eigenvalue weighted by molar-refractivity contribution is -0.137. The summed E-state index contributed by atoms with van der Waals surface area (Å²) in [7, 11) is 0. The molecule has 0 bridgehead atoms. The average molecular weight is 261 g/mol. The molecular formula is C10H10F3N3O2. The van der Waals surface area contributed by atoms with Gasteiger partial charge in [-0.3, -0.25) is 0 Å². The number of nitrogens with one attached hydrogen (secondary N) is 1. The molecule has 2 N–H and O–H groups in total. The summed E-state index contributed by atoms with van der Waals surface area (Å²) in [5, 5.41) is 11.5. The second kappa shape index (κ2) is 4.35. The van der Waals surface area contributed by atoms with Crippen LogP contribution in [0.3, 0.4) is 0 Å². The zero-order valence-electron chi connectivity index (χ0n) is 9.11. The molecule has 0 aromatic carbocycles. The van der Waals surface area contributed by atoms with Crippen molar-refractivity contribution in [3.05, 3.63) is 23.9 Å². The summed E-state index contributed by atoms with van der Waals surface area (Å²) < 4.78 is 36.8. The number of carbonyl (C=O) groups is 1. The van der Waals surface area contributed by atoms with Gasteiger partial charge in [0.2, 0.25) is 0 Å². The summed E-state index contributed by atoms with van der Waals surface area (Å²) in [6, 6.07) is 2.06. The van der Waals surface area contributed by atoms with Crippen LogP contribution in [0.2, 0.25) is 0 Å². The molecule has 1 aromatic heterocycles. The van der Waals surface area contributed by atoms with E-state index in [1.807, 2.05) is 0 Å². The lowest BCUT2D eigenvalue weighted by Crippen LogP contribution is -2.56. The number of hydrogen-bond donors (Lipinski definition) is 2. The highest BCUT2D eigenvalue weighted by atomic mass is 19.4. The monoisotopic (exact) mass is 261 g/mol. The highest BCUT2D eigenvalue weighted by molar-refractivity contribution is 5.66. The summed E-state index contributed by atoms with van der Waals surface area (Å²) in [6.07, 6.45) is -4.66. The Bertz CT molecular complexity index is 441. The third-order valence-corrected chi connectivity index (χ3v) is 2.59. The van der Waals surface area contributed by atoms with E-state index in [0.717, 1.165) is 12.3 Å². The van der Waals surface area contributed by atoms with Crippen LogP contribution < -0.4 is 5.32 Å². The topological polar surface area (TPSA) is 65.5 Å². The van der Waals surface area contributed by atoms with Gasteiger partial charge in [0, 0.05) is 19.3 Å². The summed E-state index contributed by atoms with van der Waals surface area (Å²) in [5.41, 5.74) is -0.811. The zero-order valence-corrected chi connectivity index (χ0v) is 9.11. The third kappa shape index (κ3) is 2.63. The number of halogens is 3. The van der Waals surface area contributed by atoms with Gasteiger partial charge in [0.15, 0.2) is 0 Å². The van der Waals surface area contributed by atoms with E-state index >= 15 is 0 Å². The Labute approximate surface area is 100 Å². The normalized spacial score (nSPS) is 16.3. The molecule has 0 radical (unpaired) electrons. The van der Waals surface area contributed by atoms with E-state index in [-0.39, 0.29) is 6.04 Å². The minimum atomic E-state index is -4.40. The van der Waals surface area contributed by atoms with Crippen LogP contribution in [0, 0.1) is 0 Å². The molecule has 1 amide bonds. The van der Waals surface area contributed by atoms with Crippen LogP contribution in [0.15, 0.2) is 18.3 Å². The fourth-order valence-electron chi connectivity index (χ4n) is 1.58. The molecule has 5 nitrogen and oxygen atoms in total. The molecule has 1 aromatic rings. The molecule has 2 heterocycles. The fraction of sp³-hybridized carbons (Fsp3) is 0.400. The van der Waals surface area contributed by atoms with Crippen molar-refractivity contribution in [1.82, 2.24) is 9.88 Å². The first-order chi connectivity index (χ1) is 8.36. The quantitative estimate of drug-likeness (QED) is 0.853. The van der Waals surface area contributed by atoms with Crippen molar-refractivity contribution in [3.8, 4) is 0 Å². The van der Waals surface area contributed by atoms with Crippen molar-refractivity contribution in [3.63, 3.8) is 0 Å². The van der Waals surface area contributed by atoms with Crippen molar-refractivity contribution < 1.29 is 23.1 Å². The van der Waals surface area contributed by atoms with E-state index in [1.165, 1.54) is 11.0 Å². The molecule has 0 saturated carbocycles. The molecule has 2 rings (SSSR count). The van der Waals surface area contributed by atoms with Gasteiger partial charge in [0.05, 0.1) is 11.6 Å². The van der Waals surface area contributed by atoms with Crippen LogP contribution in [0.1, 0.15) is 5.56 Å². The van der Waals surface area contributed by atoms with Crippen LogP contribution in [0.5, 0.6) is 0 Å². The molecule has 18 heavy (non-hydrogen) atoms. The maximum atomic E-state index is 12.3. The third-order valence-electron chi connectivity index (χ3n) is 2.59. The Balaban J connectivity index is 1.90. The lowest BCUT2D eigenvalue weighted by Gasteiger charge is -2.37. The summed E-state index contributed by atoms with van der Waals surface area (Å²) in [4.78, 5) is 15.3. The molecule has 0 spiro atoms. The number of anilines is 1. The van der Waals surface area contributed by atoms with Gasteiger partial charge in [-0.25, -0.2) is 9.78 Å². The summed E-state index contributed by atoms with van der Waals surface area (Å²) in [6.45, 7) is 0.607. The van der Waals surface area contributed by atoms with E-state index in [0.29, 0.717) is 18.9 Å². The zero-order chi connectivity index (χ0) is 13.3. The van der Waals surface area contributed by atoms with Gasteiger partial charge < -0.3 is 15.3 Å². The van der Waals surface area contributed by atoms with E-state index in [9.17, 15) is 18.0 Å². The Morgan fingerprint density at radius 1 is 1.44 bits per heavy atom. The van der Waals surface area contributed by atoms with Crippen molar-refractivity contribution in [2.75, 3.05) is 18.4 Å². The largest absolute Gasteiger partial charge is 0.465 e. The number of aromatic nitrogens is 1. The number of likely N-dealkylation sites (tertiary alicyclic amines) is 1. The Hall–Kier alpha value is -1.99. The van der Waals surface area contributed by atoms with Crippen LogP contribution in [-0.2, 0) is 6.18 Å². The molecular weight excluding hydrogens is 251 g/mol. The maximum absolute atomic E-state index is 12.3. The van der Waals surface area contributed by atoms with Crippen molar-refractivity contribution in [2.24, 2.45) is 0 Å². The maximum Gasteiger partial charge on any atom is 0.417 e. The first-order valence-electron chi connectivity index (χ1n) is 5.14. The Morgan fingerprint density at radius 2 is 2.11 bits per heavy atom. The first-order valence-corrected chi connectivity index (χ1v) is 5.14. The number of rotatable bonds is 2. The molecule has 8 heteroatoms. The molecule has 0 atom stereocenters. The van der Waals surface area contributed by atoms with Gasteiger partial charge in [-0.1, -0.05) is 0 Å².